The second-order valence-electron chi connectivity index (χ2n) is 4.84. The Bertz CT molecular complexity index is 449. The molecule has 4 amide bonds. The molecule has 0 aliphatic carbocycles. The predicted octanol–water partition coefficient (Wildman–Crippen LogP) is 0.806. The fraction of sp³-hybridized carbons (Fsp3) is 0.538. The molecule has 1 unspecified atom stereocenters. The van der Waals surface area contributed by atoms with Crippen LogP contribution in [0.2, 0.25) is 0 Å². The number of carboxylic acids is 1. The average molecular weight is 282 g/mol. The molecule has 0 aromatic heterocycles. The molecule has 0 aromatic carbocycles. The first-order valence-electron chi connectivity index (χ1n) is 6.41. The number of rotatable bonds is 6. The summed E-state index contributed by atoms with van der Waals surface area (Å²) in [6, 6.07) is -0.846. The number of urea groups is 1. The Morgan fingerprint density at radius 1 is 1.30 bits per heavy atom. The molecule has 1 rings (SSSR count). The quantitative estimate of drug-likeness (QED) is 0.493. The second-order valence-corrected chi connectivity index (χ2v) is 4.84. The van der Waals surface area contributed by atoms with Gasteiger partial charge in [-0.25, -0.2) is 9.59 Å². The van der Waals surface area contributed by atoms with Crippen molar-refractivity contribution in [2.24, 2.45) is 11.3 Å². The first-order chi connectivity index (χ1) is 9.34. The summed E-state index contributed by atoms with van der Waals surface area (Å²) in [5, 5.41) is 12.8. The van der Waals surface area contributed by atoms with Crippen molar-refractivity contribution in [3.63, 3.8) is 0 Å². The summed E-state index contributed by atoms with van der Waals surface area (Å²) in [7, 11) is 0. The van der Waals surface area contributed by atoms with Crippen LogP contribution in [-0.2, 0) is 14.4 Å². The monoisotopic (exact) mass is 282 g/mol. The van der Waals surface area contributed by atoms with Crippen molar-refractivity contribution in [2.75, 3.05) is 0 Å². The molecule has 7 nitrogen and oxygen atoms in total. The molecule has 20 heavy (non-hydrogen) atoms. The standard InChI is InChI=1S/C13H18N2O5/c1-3-5-8(2)13(7-4-6-9(16)17)10(18)14-12(20)15-11(13)19/h4,6,8H,3,5,7H2,1-2H3,(H,16,17)(H2,14,15,18,19,20). The third-order valence-corrected chi connectivity index (χ3v) is 3.53. The van der Waals surface area contributed by atoms with Crippen molar-refractivity contribution in [3.8, 4) is 0 Å². The largest absolute Gasteiger partial charge is 0.478 e. The number of barbiturate groups is 1. The molecule has 1 heterocycles. The van der Waals surface area contributed by atoms with E-state index in [9.17, 15) is 19.2 Å². The summed E-state index contributed by atoms with van der Waals surface area (Å²) < 4.78 is 0. The van der Waals surface area contributed by atoms with E-state index >= 15 is 0 Å². The number of carbonyl (C=O) groups is 4. The number of hydrogen-bond donors (Lipinski definition) is 3. The van der Waals surface area contributed by atoms with Crippen LogP contribution in [0.15, 0.2) is 12.2 Å². The van der Waals surface area contributed by atoms with E-state index in [1.807, 2.05) is 6.92 Å². The minimum Gasteiger partial charge on any atom is -0.478 e. The van der Waals surface area contributed by atoms with Crippen LogP contribution in [0.25, 0.3) is 0 Å². The van der Waals surface area contributed by atoms with Crippen molar-refractivity contribution in [3.05, 3.63) is 12.2 Å². The molecule has 1 aliphatic rings. The summed E-state index contributed by atoms with van der Waals surface area (Å²) in [6.45, 7) is 3.66. The molecule has 0 aromatic rings. The normalized spacial score (nSPS) is 19.6. The van der Waals surface area contributed by atoms with Gasteiger partial charge < -0.3 is 5.11 Å². The van der Waals surface area contributed by atoms with E-state index in [0.717, 1.165) is 12.5 Å². The Balaban J connectivity index is 3.11. The first kappa shape index (κ1) is 15.9. The van der Waals surface area contributed by atoms with E-state index in [1.54, 1.807) is 6.92 Å². The van der Waals surface area contributed by atoms with Crippen LogP contribution in [0, 0.1) is 11.3 Å². The third kappa shape index (κ3) is 3.04. The Morgan fingerprint density at radius 2 is 1.85 bits per heavy atom. The molecule has 1 saturated heterocycles. The Labute approximate surface area is 116 Å². The number of carboxylic acid groups (broad SMARTS) is 1. The van der Waals surface area contributed by atoms with Gasteiger partial charge in [0, 0.05) is 6.08 Å². The van der Waals surface area contributed by atoms with Gasteiger partial charge in [-0.05, 0) is 18.8 Å². The molecule has 1 atom stereocenters. The fourth-order valence-electron chi connectivity index (χ4n) is 2.42. The number of allylic oxidation sites excluding steroid dienone is 1. The Kier molecular flexibility index (Phi) is 5.01. The van der Waals surface area contributed by atoms with Crippen molar-refractivity contribution >= 4 is 23.8 Å². The molecule has 7 heteroatoms. The van der Waals surface area contributed by atoms with Crippen molar-refractivity contribution < 1.29 is 24.3 Å². The fourth-order valence-corrected chi connectivity index (χ4v) is 2.42. The highest BCUT2D eigenvalue weighted by atomic mass is 16.4. The zero-order valence-corrected chi connectivity index (χ0v) is 11.4. The van der Waals surface area contributed by atoms with E-state index in [-0.39, 0.29) is 12.3 Å². The highest BCUT2D eigenvalue weighted by Crippen LogP contribution is 2.37. The number of aliphatic carboxylic acids is 1. The van der Waals surface area contributed by atoms with Crippen LogP contribution < -0.4 is 10.6 Å². The van der Waals surface area contributed by atoms with Crippen LogP contribution in [0.3, 0.4) is 0 Å². The van der Waals surface area contributed by atoms with Crippen LogP contribution in [0.1, 0.15) is 33.1 Å². The lowest BCUT2D eigenvalue weighted by Crippen LogP contribution is -2.64. The maximum Gasteiger partial charge on any atom is 0.328 e. The van der Waals surface area contributed by atoms with Crippen LogP contribution in [-0.4, -0.2) is 28.9 Å². The number of nitrogens with one attached hydrogen (secondary N) is 2. The SMILES string of the molecule is CCCC(C)C1(CC=CC(=O)O)C(=O)NC(=O)NC1=O. The van der Waals surface area contributed by atoms with Gasteiger partial charge in [-0.1, -0.05) is 26.3 Å². The van der Waals surface area contributed by atoms with Gasteiger partial charge in [0.05, 0.1) is 0 Å². The van der Waals surface area contributed by atoms with E-state index in [2.05, 4.69) is 10.6 Å². The van der Waals surface area contributed by atoms with Gasteiger partial charge in [0.15, 0.2) is 0 Å². The third-order valence-electron chi connectivity index (χ3n) is 3.53. The highest BCUT2D eigenvalue weighted by molar-refractivity contribution is 6.19. The lowest BCUT2D eigenvalue weighted by Gasteiger charge is -2.37. The second kappa shape index (κ2) is 6.31. The molecule has 0 saturated carbocycles. The summed E-state index contributed by atoms with van der Waals surface area (Å²) in [5.41, 5.74) is -1.45. The average Bonchev–Trinajstić information content (AvgIpc) is 2.32. The smallest absolute Gasteiger partial charge is 0.328 e. The number of carbonyl (C=O) groups excluding carboxylic acids is 3. The maximum atomic E-state index is 12.2. The molecule has 0 spiro atoms. The van der Waals surface area contributed by atoms with E-state index < -0.39 is 29.2 Å². The van der Waals surface area contributed by atoms with Gasteiger partial charge in [-0.15, -0.1) is 0 Å². The van der Waals surface area contributed by atoms with Gasteiger partial charge in [-0.3, -0.25) is 20.2 Å². The summed E-state index contributed by atoms with van der Waals surface area (Å²) in [4.78, 5) is 46.0. The van der Waals surface area contributed by atoms with Gasteiger partial charge >= 0.3 is 12.0 Å². The molecule has 1 fully saturated rings. The molecule has 0 radical (unpaired) electrons. The number of imide groups is 2. The van der Waals surface area contributed by atoms with Gasteiger partial charge in [0.25, 0.3) is 0 Å². The Morgan fingerprint density at radius 3 is 2.30 bits per heavy atom. The van der Waals surface area contributed by atoms with Gasteiger partial charge in [-0.2, -0.15) is 0 Å². The van der Waals surface area contributed by atoms with Crippen LogP contribution in [0.5, 0.6) is 0 Å². The molecule has 1 aliphatic heterocycles. The molecule has 3 N–H and O–H groups in total. The summed E-state index contributed by atoms with van der Waals surface area (Å²) >= 11 is 0. The lowest BCUT2D eigenvalue weighted by atomic mass is 9.69. The molecular weight excluding hydrogens is 264 g/mol. The zero-order chi connectivity index (χ0) is 15.3. The van der Waals surface area contributed by atoms with Gasteiger partial charge in [0.1, 0.15) is 5.41 Å². The van der Waals surface area contributed by atoms with E-state index in [4.69, 9.17) is 5.11 Å². The highest BCUT2D eigenvalue weighted by Gasteiger charge is 2.52. The van der Waals surface area contributed by atoms with Crippen molar-refractivity contribution in [2.45, 2.75) is 33.1 Å². The number of amides is 4. The van der Waals surface area contributed by atoms with Crippen LogP contribution in [0.4, 0.5) is 4.79 Å². The summed E-state index contributed by atoms with van der Waals surface area (Å²) in [5.74, 6) is -2.83. The first-order valence-corrected chi connectivity index (χ1v) is 6.41. The lowest BCUT2D eigenvalue weighted by molar-refractivity contribution is -0.148. The van der Waals surface area contributed by atoms with E-state index in [1.165, 1.54) is 6.08 Å². The number of hydrogen-bond acceptors (Lipinski definition) is 4. The van der Waals surface area contributed by atoms with Crippen molar-refractivity contribution in [1.29, 1.82) is 0 Å². The van der Waals surface area contributed by atoms with Gasteiger partial charge in [0.2, 0.25) is 11.8 Å². The maximum absolute atomic E-state index is 12.2. The molecule has 0 bridgehead atoms. The topological polar surface area (TPSA) is 113 Å². The van der Waals surface area contributed by atoms with Crippen molar-refractivity contribution in [1.82, 2.24) is 10.6 Å². The summed E-state index contributed by atoms with van der Waals surface area (Å²) in [6.07, 6.45) is 3.46. The molecule has 110 valence electrons. The predicted molar refractivity (Wildman–Crippen MR) is 69.6 cm³/mol. The van der Waals surface area contributed by atoms with Crippen LogP contribution >= 0.6 is 0 Å². The zero-order valence-electron chi connectivity index (χ0n) is 11.4. The Hall–Kier alpha value is -2.18. The molecular formula is C13H18N2O5. The minimum absolute atomic E-state index is 0.0641. The minimum atomic E-state index is -1.45. The van der Waals surface area contributed by atoms with E-state index in [0.29, 0.717) is 6.42 Å².